The lowest BCUT2D eigenvalue weighted by Crippen LogP contribution is -2.51. The van der Waals surface area contributed by atoms with Crippen molar-refractivity contribution in [1.82, 2.24) is 9.80 Å². The number of amides is 2. The van der Waals surface area contributed by atoms with Crippen LogP contribution >= 0.6 is 23.2 Å². The van der Waals surface area contributed by atoms with Crippen LogP contribution in [0, 0.1) is 0 Å². The Hall–Kier alpha value is -1.30. The largest absolute Gasteiger partial charge is 0.339 e. The van der Waals surface area contributed by atoms with Crippen molar-refractivity contribution in [1.29, 1.82) is 0 Å². The van der Waals surface area contributed by atoms with Crippen LogP contribution in [0.3, 0.4) is 0 Å². The maximum Gasteiger partial charge on any atom is 0.242 e. The molecule has 23 heavy (non-hydrogen) atoms. The molecule has 2 rings (SSSR count). The van der Waals surface area contributed by atoms with Gasteiger partial charge in [-0.05, 0) is 18.7 Å². The van der Waals surface area contributed by atoms with Gasteiger partial charge in [0.1, 0.15) is 6.54 Å². The molecule has 0 spiro atoms. The minimum absolute atomic E-state index is 0.0507. The van der Waals surface area contributed by atoms with Crippen LogP contribution in [0.15, 0.2) is 18.2 Å². The van der Waals surface area contributed by atoms with Crippen LogP contribution < -0.4 is 4.90 Å². The number of hydrogen-bond donors (Lipinski definition) is 0. The zero-order valence-electron chi connectivity index (χ0n) is 13.4. The van der Waals surface area contributed by atoms with Crippen molar-refractivity contribution >= 4 is 40.7 Å². The molecule has 0 atom stereocenters. The Kier molecular flexibility index (Phi) is 6.27. The van der Waals surface area contributed by atoms with Crippen molar-refractivity contribution in [3.8, 4) is 0 Å². The van der Waals surface area contributed by atoms with Gasteiger partial charge in [-0.25, -0.2) is 0 Å². The molecular formula is C16H21Cl2N3O2. The molecule has 2 amide bonds. The summed E-state index contributed by atoms with van der Waals surface area (Å²) >= 11 is 12.3. The molecule has 0 bridgehead atoms. The number of hydrogen-bond acceptors (Lipinski definition) is 3. The van der Waals surface area contributed by atoms with Crippen molar-refractivity contribution in [2.75, 3.05) is 44.2 Å². The molecule has 5 nitrogen and oxygen atoms in total. The van der Waals surface area contributed by atoms with Gasteiger partial charge in [-0.3, -0.25) is 9.59 Å². The number of nitrogens with zero attached hydrogens (tertiary/aromatic N) is 3. The van der Waals surface area contributed by atoms with E-state index in [0.29, 0.717) is 28.8 Å². The Balaban J connectivity index is 2.11. The summed E-state index contributed by atoms with van der Waals surface area (Å²) in [5.41, 5.74) is 0.392. The molecule has 0 aliphatic carbocycles. The van der Waals surface area contributed by atoms with Crippen LogP contribution in [0.2, 0.25) is 10.0 Å². The molecule has 1 fully saturated rings. The highest BCUT2D eigenvalue weighted by atomic mass is 35.5. The van der Waals surface area contributed by atoms with Crippen molar-refractivity contribution in [2.45, 2.75) is 13.8 Å². The quantitative estimate of drug-likeness (QED) is 0.831. The molecule has 1 aromatic carbocycles. The lowest BCUT2D eigenvalue weighted by molar-refractivity contribution is -0.132. The van der Waals surface area contributed by atoms with E-state index in [1.165, 1.54) is 11.8 Å². The predicted octanol–water partition coefficient (Wildman–Crippen LogP) is 2.51. The molecule has 1 aliphatic heterocycles. The van der Waals surface area contributed by atoms with Crippen molar-refractivity contribution in [2.24, 2.45) is 0 Å². The Bertz CT molecular complexity index is 566. The molecule has 0 saturated carbocycles. The zero-order valence-corrected chi connectivity index (χ0v) is 14.9. The average molecular weight is 358 g/mol. The van der Waals surface area contributed by atoms with Crippen LogP contribution in [0.25, 0.3) is 0 Å². The Morgan fingerprint density at radius 2 is 1.70 bits per heavy atom. The zero-order chi connectivity index (χ0) is 17.0. The topological polar surface area (TPSA) is 43.9 Å². The van der Waals surface area contributed by atoms with Gasteiger partial charge in [-0.15, -0.1) is 0 Å². The number of halogens is 2. The van der Waals surface area contributed by atoms with Gasteiger partial charge in [0.05, 0.1) is 15.7 Å². The molecule has 0 unspecified atom stereocenters. The van der Waals surface area contributed by atoms with E-state index in [9.17, 15) is 9.59 Å². The van der Waals surface area contributed by atoms with Crippen LogP contribution in [0.1, 0.15) is 13.8 Å². The number of anilines is 1. The molecule has 7 heteroatoms. The number of likely N-dealkylation sites (N-methyl/N-ethyl adjacent to an activating group) is 1. The fraction of sp³-hybridized carbons (Fsp3) is 0.500. The van der Waals surface area contributed by atoms with Gasteiger partial charge in [-0.2, -0.15) is 0 Å². The minimum atomic E-state index is -0.263. The van der Waals surface area contributed by atoms with E-state index in [1.54, 1.807) is 23.1 Å². The van der Waals surface area contributed by atoms with Gasteiger partial charge in [0.15, 0.2) is 0 Å². The highest BCUT2D eigenvalue weighted by Gasteiger charge is 2.25. The first-order valence-electron chi connectivity index (χ1n) is 7.66. The molecule has 1 aliphatic rings. The van der Waals surface area contributed by atoms with E-state index in [4.69, 9.17) is 23.2 Å². The van der Waals surface area contributed by atoms with E-state index in [1.807, 2.05) is 0 Å². The predicted molar refractivity (Wildman–Crippen MR) is 93.2 cm³/mol. The number of para-hydroxylation sites is 1. The molecule has 1 heterocycles. The van der Waals surface area contributed by atoms with Crippen LogP contribution in [0.4, 0.5) is 5.69 Å². The standard InChI is InChI=1S/C16H21Cl2N3O2/c1-3-19-7-9-20(10-8-19)15(23)11-21(12(2)22)16-13(17)5-4-6-14(16)18/h4-6H,3,7-11H2,1-2H3. The lowest BCUT2D eigenvalue weighted by atomic mass is 10.2. The Morgan fingerprint density at radius 3 is 2.17 bits per heavy atom. The lowest BCUT2D eigenvalue weighted by Gasteiger charge is -2.35. The van der Waals surface area contributed by atoms with Gasteiger partial charge >= 0.3 is 0 Å². The summed E-state index contributed by atoms with van der Waals surface area (Å²) in [5.74, 6) is -0.354. The van der Waals surface area contributed by atoms with E-state index >= 15 is 0 Å². The second-order valence-corrected chi connectivity index (χ2v) is 6.30. The van der Waals surface area contributed by atoms with Gasteiger partial charge < -0.3 is 14.7 Å². The van der Waals surface area contributed by atoms with Crippen molar-refractivity contribution < 1.29 is 9.59 Å². The summed E-state index contributed by atoms with van der Waals surface area (Å²) in [6.45, 7) is 7.51. The first kappa shape index (κ1) is 18.0. The third kappa shape index (κ3) is 4.37. The highest BCUT2D eigenvalue weighted by Crippen LogP contribution is 2.33. The Morgan fingerprint density at radius 1 is 1.13 bits per heavy atom. The molecule has 0 radical (unpaired) electrons. The summed E-state index contributed by atoms with van der Waals surface area (Å²) in [5, 5.41) is 0.715. The van der Waals surface area contributed by atoms with Crippen LogP contribution in [-0.2, 0) is 9.59 Å². The normalized spacial score (nSPS) is 15.6. The monoisotopic (exact) mass is 357 g/mol. The van der Waals surface area contributed by atoms with Gasteiger partial charge in [0, 0.05) is 33.1 Å². The molecular weight excluding hydrogens is 337 g/mol. The first-order chi connectivity index (χ1) is 10.9. The van der Waals surface area contributed by atoms with Gasteiger partial charge in [0.2, 0.25) is 11.8 Å². The maximum atomic E-state index is 12.5. The fourth-order valence-electron chi connectivity index (χ4n) is 2.64. The summed E-state index contributed by atoms with van der Waals surface area (Å²) in [4.78, 5) is 29.9. The highest BCUT2D eigenvalue weighted by molar-refractivity contribution is 6.40. The summed E-state index contributed by atoms with van der Waals surface area (Å²) < 4.78 is 0. The second-order valence-electron chi connectivity index (χ2n) is 5.49. The van der Waals surface area contributed by atoms with Gasteiger partial charge in [-0.1, -0.05) is 36.2 Å². The third-order valence-electron chi connectivity index (χ3n) is 4.05. The second kappa shape index (κ2) is 7.99. The fourth-order valence-corrected chi connectivity index (χ4v) is 3.24. The molecule has 0 aromatic heterocycles. The number of rotatable bonds is 4. The smallest absolute Gasteiger partial charge is 0.242 e. The molecule has 126 valence electrons. The Labute approximate surface area is 146 Å². The first-order valence-corrected chi connectivity index (χ1v) is 8.42. The number of carbonyl (C=O) groups is 2. The summed E-state index contributed by atoms with van der Waals surface area (Å²) in [6, 6.07) is 5.02. The van der Waals surface area contributed by atoms with Crippen molar-refractivity contribution in [3.63, 3.8) is 0 Å². The minimum Gasteiger partial charge on any atom is -0.339 e. The number of piperazine rings is 1. The van der Waals surface area contributed by atoms with Crippen LogP contribution in [0.5, 0.6) is 0 Å². The SMILES string of the molecule is CCN1CCN(C(=O)CN(C(C)=O)c2c(Cl)cccc2Cl)CC1. The molecule has 1 saturated heterocycles. The van der Waals surface area contributed by atoms with E-state index in [2.05, 4.69) is 11.8 Å². The third-order valence-corrected chi connectivity index (χ3v) is 4.66. The van der Waals surface area contributed by atoms with E-state index < -0.39 is 0 Å². The van der Waals surface area contributed by atoms with Gasteiger partial charge in [0.25, 0.3) is 0 Å². The average Bonchev–Trinajstić information content (AvgIpc) is 2.53. The maximum absolute atomic E-state index is 12.5. The van der Waals surface area contributed by atoms with E-state index in [0.717, 1.165) is 19.6 Å². The van der Waals surface area contributed by atoms with Crippen molar-refractivity contribution in [3.05, 3.63) is 28.2 Å². The summed E-state index contributed by atoms with van der Waals surface area (Å²) in [6.07, 6.45) is 0. The molecule has 1 aromatic rings. The van der Waals surface area contributed by atoms with E-state index in [-0.39, 0.29) is 18.4 Å². The number of benzene rings is 1. The van der Waals surface area contributed by atoms with Crippen LogP contribution in [-0.4, -0.2) is 60.9 Å². The number of carbonyl (C=O) groups excluding carboxylic acids is 2. The summed E-state index contributed by atoms with van der Waals surface area (Å²) in [7, 11) is 0. The molecule has 0 N–H and O–H groups in total.